The summed E-state index contributed by atoms with van der Waals surface area (Å²) < 4.78 is 1.78. The summed E-state index contributed by atoms with van der Waals surface area (Å²) >= 11 is 3.17. The molecule has 1 heterocycles. The predicted molar refractivity (Wildman–Crippen MR) is 69.7 cm³/mol. The maximum Gasteiger partial charge on any atom is 0.326 e. The molecule has 1 aromatic heterocycles. The van der Waals surface area contributed by atoms with Gasteiger partial charge in [-0.15, -0.1) is 0 Å². The van der Waals surface area contributed by atoms with Crippen LogP contribution < -0.4 is 10.9 Å². The van der Waals surface area contributed by atoms with Crippen LogP contribution in [-0.4, -0.2) is 39.3 Å². The number of nitrogens with zero attached hydrogens (tertiary/aromatic N) is 1. The molecule has 0 saturated heterocycles. The van der Waals surface area contributed by atoms with E-state index in [0.717, 1.165) is 4.57 Å². The summed E-state index contributed by atoms with van der Waals surface area (Å²) in [7, 11) is 0. The molecule has 0 aliphatic rings. The molecule has 7 nitrogen and oxygen atoms in total. The Kier molecular flexibility index (Phi) is 5.71. The van der Waals surface area contributed by atoms with E-state index in [1.165, 1.54) is 12.3 Å². The van der Waals surface area contributed by atoms with E-state index in [1.54, 1.807) is 6.07 Å². The molecule has 19 heavy (non-hydrogen) atoms. The first-order chi connectivity index (χ1) is 8.93. The van der Waals surface area contributed by atoms with Crippen LogP contribution in [-0.2, 0) is 16.1 Å². The van der Waals surface area contributed by atoms with E-state index >= 15 is 0 Å². The highest BCUT2D eigenvalue weighted by atomic mass is 79.9. The number of carbonyl (C=O) groups excluding carboxylic acids is 1. The number of amides is 1. The number of carboxylic acid groups (broad SMARTS) is 1. The number of nitrogens with one attached hydrogen (secondary N) is 1. The Labute approximate surface area is 117 Å². The van der Waals surface area contributed by atoms with E-state index in [9.17, 15) is 14.4 Å². The zero-order chi connectivity index (χ0) is 14.4. The number of carbonyl (C=O) groups is 2. The first-order valence-electron chi connectivity index (χ1n) is 5.43. The van der Waals surface area contributed by atoms with Crippen LogP contribution in [0.5, 0.6) is 0 Å². The van der Waals surface area contributed by atoms with Gasteiger partial charge in [0.15, 0.2) is 0 Å². The molecule has 104 valence electrons. The molecule has 1 aromatic rings. The van der Waals surface area contributed by atoms with Crippen LogP contribution in [0.2, 0.25) is 0 Å². The highest BCUT2D eigenvalue weighted by molar-refractivity contribution is 9.10. The van der Waals surface area contributed by atoms with Gasteiger partial charge in [0.1, 0.15) is 12.6 Å². The van der Waals surface area contributed by atoms with Gasteiger partial charge in [0, 0.05) is 29.8 Å². The minimum absolute atomic E-state index is 0.0888. The average Bonchev–Trinajstić information content (AvgIpc) is 2.33. The molecule has 1 atom stereocenters. The molecule has 0 radical (unpaired) electrons. The number of carboxylic acids is 1. The standard InChI is InChI=1S/C11H13BrN2O5/c12-7-1-2-10(17)14(5-7)6-9(16)13-8(3-4-15)11(18)19/h1-2,5,8,15H,3-4,6H2,(H,13,16)(H,18,19)/t8-/m1/s1. The third-order valence-corrected chi connectivity index (χ3v) is 2.78. The van der Waals surface area contributed by atoms with Crippen molar-refractivity contribution in [1.82, 2.24) is 9.88 Å². The lowest BCUT2D eigenvalue weighted by atomic mass is 10.2. The minimum atomic E-state index is -1.23. The highest BCUT2D eigenvalue weighted by Gasteiger charge is 2.19. The second-order valence-corrected chi connectivity index (χ2v) is 4.70. The second kappa shape index (κ2) is 7.05. The minimum Gasteiger partial charge on any atom is -0.480 e. The lowest BCUT2D eigenvalue weighted by molar-refractivity contribution is -0.142. The lowest BCUT2D eigenvalue weighted by Gasteiger charge is -2.13. The molecule has 0 aliphatic heterocycles. The summed E-state index contributed by atoms with van der Waals surface area (Å²) in [6.45, 7) is -0.637. The van der Waals surface area contributed by atoms with Gasteiger partial charge in [-0.3, -0.25) is 9.59 Å². The van der Waals surface area contributed by atoms with Gasteiger partial charge in [0.05, 0.1) is 0 Å². The molecule has 0 spiro atoms. The average molecular weight is 333 g/mol. The molecule has 1 amide bonds. The Balaban J connectivity index is 2.71. The fourth-order valence-corrected chi connectivity index (χ4v) is 1.79. The lowest BCUT2D eigenvalue weighted by Crippen LogP contribution is -2.43. The van der Waals surface area contributed by atoms with Crippen molar-refractivity contribution in [1.29, 1.82) is 0 Å². The van der Waals surface area contributed by atoms with Crippen molar-refractivity contribution < 1.29 is 19.8 Å². The van der Waals surface area contributed by atoms with Gasteiger partial charge in [-0.1, -0.05) is 0 Å². The van der Waals surface area contributed by atoms with Crippen molar-refractivity contribution in [3.05, 3.63) is 33.2 Å². The Morgan fingerprint density at radius 2 is 2.11 bits per heavy atom. The molecule has 0 aromatic carbocycles. The van der Waals surface area contributed by atoms with Crippen molar-refractivity contribution in [2.24, 2.45) is 0 Å². The summed E-state index contributed by atoms with van der Waals surface area (Å²) in [5.74, 6) is -1.84. The zero-order valence-electron chi connectivity index (χ0n) is 9.88. The molecule has 1 rings (SSSR count). The number of halogens is 1. The number of aliphatic hydroxyl groups excluding tert-OH is 1. The number of rotatable bonds is 6. The van der Waals surface area contributed by atoms with Crippen molar-refractivity contribution in [3.63, 3.8) is 0 Å². The maximum absolute atomic E-state index is 11.6. The van der Waals surface area contributed by atoms with Gasteiger partial charge in [-0.2, -0.15) is 0 Å². The van der Waals surface area contributed by atoms with E-state index in [4.69, 9.17) is 10.2 Å². The van der Waals surface area contributed by atoms with Gasteiger partial charge >= 0.3 is 5.97 Å². The van der Waals surface area contributed by atoms with Crippen LogP contribution in [0.3, 0.4) is 0 Å². The van der Waals surface area contributed by atoms with Crippen LogP contribution in [0.15, 0.2) is 27.6 Å². The fourth-order valence-electron chi connectivity index (χ4n) is 1.41. The van der Waals surface area contributed by atoms with Crippen molar-refractivity contribution in [3.8, 4) is 0 Å². The van der Waals surface area contributed by atoms with E-state index in [1.807, 2.05) is 0 Å². The SMILES string of the molecule is O=C(Cn1cc(Br)ccc1=O)N[C@H](CCO)C(=O)O. The Hall–Kier alpha value is -1.67. The zero-order valence-corrected chi connectivity index (χ0v) is 11.5. The summed E-state index contributed by atoms with van der Waals surface area (Å²) in [6, 6.07) is 1.67. The molecular formula is C11H13BrN2O5. The summed E-state index contributed by atoms with van der Waals surface area (Å²) in [5.41, 5.74) is -0.368. The monoisotopic (exact) mass is 332 g/mol. The first-order valence-corrected chi connectivity index (χ1v) is 6.22. The molecular weight excluding hydrogens is 320 g/mol. The summed E-state index contributed by atoms with van der Waals surface area (Å²) in [4.78, 5) is 33.9. The van der Waals surface area contributed by atoms with E-state index in [-0.39, 0.29) is 25.1 Å². The third-order valence-electron chi connectivity index (χ3n) is 2.31. The van der Waals surface area contributed by atoms with Gasteiger partial charge in [-0.25, -0.2) is 4.79 Å². The van der Waals surface area contributed by atoms with Gasteiger partial charge in [-0.05, 0) is 22.0 Å². The summed E-state index contributed by atoms with van der Waals surface area (Å²) in [5, 5.41) is 19.7. The largest absolute Gasteiger partial charge is 0.480 e. The van der Waals surface area contributed by atoms with Crippen molar-refractivity contribution in [2.45, 2.75) is 19.0 Å². The van der Waals surface area contributed by atoms with Crippen LogP contribution in [0.1, 0.15) is 6.42 Å². The second-order valence-electron chi connectivity index (χ2n) is 3.78. The topological polar surface area (TPSA) is 109 Å². The predicted octanol–water partition coefficient (Wildman–Crippen LogP) is -0.437. The Morgan fingerprint density at radius 3 is 2.68 bits per heavy atom. The van der Waals surface area contributed by atoms with E-state index in [0.29, 0.717) is 4.47 Å². The maximum atomic E-state index is 11.6. The van der Waals surface area contributed by atoms with Crippen LogP contribution in [0.4, 0.5) is 0 Å². The normalized spacial score (nSPS) is 11.9. The Morgan fingerprint density at radius 1 is 1.42 bits per heavy atom. The van der Waals surface area contributed by atoms with E-state index < -0.39 is 17.9 Å². The number of aliphatic hydroxyl groups is 1. The summed E-state index contributed by atoms with van der Waals surface area (Å²) in [6.07, 6.45) is 1.35. The number of hydrogen-bond acceptors (Lipinski definition) is 4. The van der Waals surface area contributed by atoms with Crippen molar-refractivity contribution in [2.75, 3.05) is 6.61 Å². The number of pyridine rings is 1. The van der Waals surface area contributed by atoms with Crippen LogP contribution >= 0.6 is 15.9 Å². The van der Waals surface area contributed by atoms with Crippen LogP contribution in [0, 0.1) is 0 Å². The number of aromatic nitrogens is 1. The molecule has 0 aliphatic carbocycles. The molecule has 8 heteroatoms. The smallest absolute Gasteiger partial charge is 0.326 e. The number of aliphatic carboxylic acids is 1. The molecule has 0 saturated carbocycles. The van der Waals surface area contributed by atoms with Gasteiger partial charge in [0.2, 0.25) is 5.91 Å². The van der Waals surface area contributed by atoms with Crippen molar-refractivity contribution >= 4 is 27.8 Å². The quantitative estimate of drug-likeness (QED) is 0.654. The first kappa shape index (κ1) is 15.4. The fraction of sp³-hybridized carbons (Fsp3) is 0.364. The molecule has 0 fully saturated rings. The van der Waals surface area contributed by atoms with Crippen LogP contribution in [0.25, 0.3) is 0 Å². The van der Waals surface area contributed by atoms with Gasteiger partial charge < -0.3 is 20.1 Å². The number of hydrogen-bond donors (Lipinski definition) is 3. The Bertz CT molecular complexity index is 528. The third kappa shape index (κ3) is 4.84. The molecule has 0 unspecified atom stereocenters. The molecule has 0 bridgehead atoms. The highest BCUT2D eigenvalue weighted by Crippen LogP contribution is 2.04. The molecule has 3 N–H and O–H groups in total. The van der Waals surface area contributed by atoms with Gasteiger partial charge in [0.25, 0.3) is 5.56 Å². The van der Waals surface area contributed by atoms with E-state index in [2.05, 4.69) is 21.2 Å².